The minimum absolute atomic E-state index is 0.163. The summed E-state index contributed by atoms with van der Waals surface area (Å²) in [5.41, 5.74) is 1.13. The van der Waals surface area contributed by atoms with Crippen molar-refractivity contribution in [1.82, 2.24) is 9.88 Å². The molecule has 0 unspecified atom stereocenters. The summed E-state index contributed by atoms with van der Waals surface area (Å²) >= 11 is 0. The van der Waals surface area contributed by atoms with Crippen LogP contribution in [0.3, 0.4) is 0 Å². The summed E-state index contributed by atoms with van der Waals surface area (Å²) in [5, 5.41) is 15.2. The first kappa shape index (κ1) is 11.2. The third-order valence-electron chi connectivity index (χ3n) is 3.62. The van der Waals surface area contributed by atoms with Crippen LogP contribution in [0.4, 0.5) is 5.69 Å². The number of nitro benzene ring substituents is 1. The largest absolute Gasteiger partial charge is 0.344 e. The minimum Gasteiger partial charge on any atom is -0.344 e. The molecule has 0 bridgehead atoms. The van der Waals surface area contributed by atoms with Crippen molar-refractivity contribution < 1.29 is 4.92 Å². The van der Waals surface area contributed by atoms with E-state index in [4.69, 9.17) is 0 Å². The molecule has 1 aromatic carbocycles. The normalized spacial score (nSPS) is 17.1. The molecular weight excluding hydrogens is 230 g/mol. The first-order valence-corrected chi connectivity index (χ1v) is 6.21. The highest BCUT2D eigenvalue weighted by molar-refractivity contribution is 5.82. The van der Waals surface area contributed by atoms with Crippen LogP contribution in [0.1, 0.15) is 18.9 Å². The van der Waals surface area contributed by atoms with Crippen LogP contribution in [0.15, 0.2) is 30.5 Å². The highest BCUT2D eigenvalue weighted by Crippen LogP contribution is 2.28. The lowest BCUT2D eigenvalue weighted by atomic mass is 10.1. The van der Waals surface area contributed by atoms with E-state index >= 15 is 0 Å². The van der Waals surface area contributed by atoms with Crippen LogP contribution in [0, 0.1) is 10.1 Å². The Labute approximate surface area is 105 Å². The van der Waals surface area contributed by atoms with Crippen molar-refractivity contribution in [3.8, 4) is 0 Å². The molecule has 3 rings (SSSR count). The fourth-order valence-electron chi connectivity index (χ4n) is 2.65. The third kappa shape index (κ3) is 1.86. The highest BCUT2D eigenvalue weighted by Gasteiger charge is 2.17. The quantitative estimate of drug-likeness (QED) is 0.653. The van der Waals surface area contributed by atoms with E-state index in [1.807, 2.05) is 18.3 Å². The van der Waals surface area contributed by atoms with Gasteiger partial charge in [0.25, 0.3) is 5.69 Å². The van der Waals surface area contributed by atoms with Gasteiger partial charge in [-0.1, -0.05) is 0 Å². The van der Waals surface area contributed by atoms with Crippen molar-refractivity contribution >= 4 is 16.6 Å². The summed E-state index contributed by atoms with van der Waals surface area (Å²) in [4.78, 5) is 10.5. The maximum absolute atomic E-state index is 10.8. The molecule has 1 N–H and O–H groups in total. The van der Waals surface area contributed by atoms with E-state index < -0.39 is 0 Å². The van der Waals surface area contributed by atoms with Gasteiger partial charge in [-0.3, -0.25) is 10.1 Å². The molecule has 0 amide bonds. The zero-order chi connectivity index (χ0) is 12.5. The Bertz CT molecular complexity index is 585. The van der Waals surface area contributed by atoms with Crippen molar-refractivity contribution in [2.75, 3.05) is 13.1 Å². The molecule has 0 radical (unpaired) electrons. The summed E-state index contributed by atoms with van der Waals surface area (Å²) in [5.74, 6) is 0. The molecule has 1 aliphatic heterocycles. The maximum atomic E-state index is 10.8. The number of hydrogen-bond donors (Lipinski definition) is 1. The predicted molar refractivity (Wildman–Crippen MR) is 69.7 cm³/mol. The molecular formula is C13H15N3O2. The average molecular weight is 245 g/mol. The fraction of sp³-hybridized carbons (Fsp3) is 0.385. The predicted octanol–water partition coefficient (Wildman–Crippen LogP) is 2.47. The third-order valence-corrected chi connectivity index (χ3v) is 3.62. The van der Waals surface area contributed by atoms with Gasteiger partial charge in [-0.2, -0.15) is 0 Å². The fourth-order valence-corrected chi connectivity index (χ4v) is 2.65. The molecule has 5 nitrogen and oxygen atoms in total. The second-order valence-electron chi connectivity index (χ2n) is 4.70. The number of rotatable bonds is 2. The SMILES string of the molecule is O=[N+]([O-])c1ccc2ccn(C3CCNCC3)c2c1. The van der Waals surface area contributed by atoms with E-state index in [1.165, 1.54) is 0 Å². The molecule has 5 heteroatoms. The number of nitro groups is 1. The highest BCUT2D eigenvalue weighted by atomic mass is 16.6. The molecule has 0 atom stereocenters. The Balaban J connectivity index is 2.05. The molecule has 2 aromatic rings. The summed E-state index contributed by atoms with van der Waals surface area (Å²) in [6.07, 6.45) is 4.20. The zero-order valence-corrected chi connectivity index (χ0v) is 10.0. The van der Waals surface area contributed by atoms with Crippen LogP contribution in [-0.4, -0.2) is 22.6 Å². The molecule has 0 spiro atoms. The van der Waals surface area contributed by atoms with Gasteiger partial charge in [0.05, 0.1) is 10.4 Å². The molecule has 1 aliphatic rings. The summed E-state index contributed by atoms with van der Waals surface area (Å²) in [6.45, 7) is 2.03. The molecule has 94 valence electrons. The number of fused-ring (bicyclic) bond motifs is 1. The molecule has 0 saturated carbocycles. The van der Waals surface area contributed by atoms with Crippen LogP contribution < -0.4 is 5.32 Å². The van der Waals surface area contributed by atoms with Crippen LogP contribution in [0.25, 0.3) is 10.9 Å². The van der Waals surface area contributed by atoms with Gasteiger partial charge in [0.15, 0.2) is 0 Å². The number of piperidine rings is 1. The molecule has 0 aliphatic carbocycles. The van der Waals surface area contributed by atoms with Crippen molar-refractivity contribution in [2.24, 2.45) is 0 Å². The Morgan fingerprint density at radius 1 is 1.28 bits per heavy atom. The Hall–Kier alpha value is -1.88. The lowest BCUT2D eigenvalue weighted by Gasteiger charge is -2.25. The van der Waals surface area contributed by atoms with Crippen molar-refractivity contribution in [2.45, 2.75) is 18.9 Å². The van der Waals surface area contributed by atoms with Crippen molar-refractivity contribution in [3.63, 3.8) is 0 Å². The topological polar surface area (TPSA) is 60.1 Å². The summed E-state index contributed by atoms with van der Waals surface area (Å²) < 4.78 is 2.18. The maximum Gasteiger partial charge on any atom is 0.271 e. The van der Waals surface area contributed by atoms with Gasteiger partial charge in [-0.15, -0.1) is 0 Å². The first-order chi connectivity index (χ1) is 8.75. The number of non-ortho nitro benzene ring substituents is 1. The van der Waals surface area contributed by atoms with E-state index in [1.54, 1.807) is 12.1 Å². The van der Waals surface area contributed by atoms with Crippen LogP contribution in [0.2, 0.25) is 0 Å². The van der Waals surface area contributed by atoms with Gasteiger partial charge in [0.2, 0.25) is 0 Å². The van der Waals surface area contributed by atoms with Crippen molar-refractivity contribution in [1.29, 1.82) is 0 Å². The van der Waals surface area contributed by atoms with E-state index in [2.05, 4.69) is 9.88 Å². The van der Waals surface area contributed by atoms with E-state index in [0.717, 1.165) is 36.8 Å². The Morgan fingerprint density at radius 3 is 2.78 bits per heavy atom. The van der Waals surface area contributed by atoms with Gasteiger partial charge in [-0.05, 0) is 38.1 Å². The van der Waals surface area contributed by atoms with Crippen LogP contribution in [0.5, 0.6) is 0 Å². The van der Waals surface area contributed by atoms with Gasteiger partial charge >= 0.3 is 0 Å². The van der Waals surface area contributed by atoms with Crippen LogP contribution in [-0.2, 0) is 0 Å². The number of nitrogens with zero attached hydrogens (tertiary/aromatic N) is 2. The average Bonchev–Trinajstić information content (AvgIpc) is 2.82. The number of hydrogen-bond acceptors (Lipinski definition) is 3. The monoisotopic (exact) mass is 245 g/mol. The molecule has 18 heavy (non-hydrogen) atoms. The second-order valence-corrected chi connectivity index (χ2v) is 4.70. The van der Waals surface area contributed by atoms with E-state index in [-0.39, 0.29) is 10.6 Å². The Kier molecular flexibility index (Phi) is 2.76. The number of nitrogens with one attached hydrogen (secondary N) is 1. The van der Waals surface area contributed by atoms with Gasteiger partial charge in [-0.25, -0.2) is 0 Å². The van der Waals surface area contributed by atoms with E-state index in [9.17, 15) is 10.1 Å². The standard InChI is InChI=1S/C13H15N3O2/c17-16(18)12-2-1-10-5-8-15(13(10)9-12)11-3-6-14-7-4-11/h1-2,5,8-9,11,14H,3-4,6-7H2. The van der Waals surface area contributed by atoms with Gasteiger partial charge in [0.1, 0.15) is 0 Å². The molecule has 1 saturated heterocycles. The molecule has 1 fully saturated rings. The molecule has 2 heterocycles. The second kappa shape index (κ2) is 4.42. The lowest BCUT2D eigenvalue weighted by Crippen LogP contribution is -2.29. The molecule has 1 aromatic heterocycles. The summed E-state index contributed by atoms with van der Waals surface area (Å²) in [7, 11) is 0. The smallest absolute Gasteiger partial charge is 0.271 e. The zero-order valence-electron chi connectivity index (χ0n) is 10.0. The van der Waals surface area contributed by atoms with Crippen molar-refractivity contribution in [3.05, 3.63) is 40.6 Å². The van der Waals surface area contributed by atoms with E-state index in [0.29, 0.717) is 6.04 Å². The lowest BCUT2D eigenvalue weighted by molar-refractivity contribution is -0.384. The number of benzene rings is 1. The minimum atomic E-state index is -0.334. The number of aromatic nitrogens is 1. The van der Waals surface area contributed by atoms with Gasteiger partial charge < -0.3 is 9.88 Å². The van der Waals surface area contributed by atoms with Crippen LogP contribution >= 0.6 is 0 Å². The summed E-state index contributed by atoms with van der Waals surface area (Å²) in [6, 6.07) is 7.55. The first-order valence-electron chi connectivity index (χ1n) is 6.21. The van der Waals surface area contributed by atoms with Gasteiger partial charge in [0, 0.05) is 29.8 Å². The Morgan fingerprint density at radius 2 is 2.06 bits per heavy atom.